The van der Waals surface area contributed by atoms with E-state index < -0.39 is 11.2 Å². The zero-order valence-electron chi connectivity index (χ0n) is 5.34. The second-order valence-corrected chi connectivity index (χ2v) is 2.07. The molecule has 3 N–H and O–H groups in total. The smallest absolute Gasteiger partial charge is 0.304 e. The average Bonchev–Trinajstić information content (AvgIpc) is 2.31. The molecule has 0 bridgehead atoms. The number of hydrogen-bond donors (Lipinski definition) is 3. The molecule has 56 valence electrons. The summed E-state index contributed by atoms with van der Waals surface area (Å²) in [6, 6.07) is 0. The third-order valence-corrected chi connectivity index (χ3v) is 1.34. The molecule has 0 radical (unpaired) electrons. The Hall–Kier alpha value is -1.85. The zero-order chi connectivity index (χ0) is 7.84. The summed E-state index contributed by atoms with van der Waals surface area (Å²) in [6.45, 7) is 0. The quantitative estimate of drug-likeness (QED) is 0.449. The molecule has 0 amide bonds. The minimum atomic E-state index is -0.404. The number of nitrogens with one attached hydrogen (secondary N) is 3. The molecule has 0 atom stereocenters. The molecule has 0 aliphatic rings. The fraction of sp³-hybridized carbons (Fsp3) is 0. The first-order chi connectivity index (χ1) is 5.27. The lowest BCUT2D eigenvalue weighted by molar-refractivity contribution is 1.01. The van der Waals surface area contributed by atoms with Gasteiger partial charge >= 0.3 is 5.69 Å². The number of aromatic amines is 3. The molecular formula is C5H4N4O2. The van der Waals surface area contributed by atoms with Gasteiger partial charge in [0.05, 0.1) is 11.7 Å². The molecule has 2 heterocycles. The van der Waals surface area contributed by atoms with Gasteiger partial charge in [0.1, 0.15) is 5.52 Å². The molecular weight excluding hydrogens is 148 g/mol. The minimum Gasteiger partial charge on any atom is -0.304 e. The van der Waals surface area contributed by atoms with Crippen LogP contribution in [0.1, 0.15) is 0 Å². The van der Waals surface area contributed by atoms with Gasteiger partial charge < -0.3 is 9.97 Å². The first-order valence-corrected chi connectivity index (χ1v) is 2.93. The van der Waals surface area contributed by atoms with E-state index in [1.165, 1.54) is 6.20 Å². The highest BCUT2D eigenvalue weighted by Gasteiger charge is 1.99. The number of fused-ring (bicyclic) bond motifs is 1. The van der Waals surface area contributed by atoms with Crippen LogP contribution in [-0.4, -0.2) is 20.2 Å². The number of aromatic nitrogens is 4. The summed E-state index contributed by atoms with van der Waals surface area (Å²) in [5, 5.41) is 5.69. The van der Waals surface area contributed by atoms with Crippen LogP contribution in [0.5, 0.6) is 0 Å². The van der Waals surface area contributed by atoms with Crippen LogP contribution in [0.15, 0.2) is 15.8 Å². The van der Waals surface area contributed by atoms with Gasteiger partial charge in [-0.1, -0.05) is 0 Å². The number of hydrogen-bond acceptors (Lipinski definition) is 3. The van der Waals surface area contributed by atoms with Crippen LogP contribution in [-0.2, 0) is 0 Å². The van der Waals surface area contributed by atoms with Crippen molar-refractivity contribution in [3.05, 3.63) is 27.0 Å². The predicted molar refractivity (Wildman–Crippen MR) is 37.3 cm³/mol. The first-order valence-electron chi connectivity index (χ1n) is 2.93. The van der Waals surface area contributed by atoms with Gasteiger partial charge in [0, 0.05) is 0 Å². The Morgan fingerprint density at radius 1 is 1.27 bits per heavy atom. The molecule has 11 heavy (non-hydrogen) atoms. The van der Waals surface area contributed by atoms with Gasteiger partial charge in [-0.05, 0) is 0 Å². The topological polar surface area (TPSA) is 94.4 Å². The van der Waals surface area contributed by atoms with E-state index in [4.69, 9.17) is 0 Å². The fourth-order valence-corrected chi connectivity index (χ4v) is 0.884. The van der Waals surface area contributed by atoms with E-state index in [0.29, 0.717) is 5.52 Å². The summed E-state index contributed by atoms with van der Waals surface area (Å²) in [6.07, 6.45) is 1.37. The monoisotopic (exact) mass is 152 g/mol. The molecule has 6 heteroatoms. The Kier molecular flexibility index (Phi) is 0.974. The van der Waals surface area contributed by atoms with Gasteiger partial charge in [0.2, 0.25) is 0 Å². The predicted octanol–water partition coefficient (Wildman–Crippen LogP) is -1.06. The second-order valence-electron chi connectivity index (χ2n) is 2.07. The molecule has 2 aromatic heterocycles. The van der Waals surface area contributed by atoms with E-state index in [-0.39, 0.29) is 5.52 Å². The van der Waals surface area contributed by atoms with Crippen molar-refractivity contribution in [2.75, 3.05) is 0 Å². The Morgan fingerprint density at radius 2 is 2.09 bits per heavy atom. The molecule has 0 saturated heterocycles. The average molecular weight is 152 g/mol. The standard InChI is InChI=1S/C5H4N4O2/c10-4-3-2(1-6-9-4)7-5(11)8-3/h1H,(H,9,10)(H2,7,8,11). The summed E-state index contributed by atoms with van der Waals surface area (Å²) < 4.78 is 0. The lowest BCUT2D eigenvalue weighted by Crippen LogP contribution is -2.08. The van der Waals surface area contributed by atoms with E-state index in [1.807, 2.05) is 0 Å². The molecule has 0 unspecified atom stereocenters. The maximum Gasteiger partial charge on any atom is 0.324 e. The van der Waals surface area contributed by atoms with Gasteiger partial charge in [-0.25, -0.2) is 9.89 Å². The van der Waals surface area contributed by atoms with Crippen LogP contribution >= 0.6 is 0 Å². The summed E-state index contributed by atoms with van der Waals surface area (Å²) >= 11 is 0. The largest absolute Gasteiger partial charge is 0.324 e. The summed E-state index contributed by atoms with van der Waals surface area (Å²) in [4.78, 5) is 26.3. The van der Waals surface area contributed by atoms with Crippen molar-refractivity contribution in [2.45, 2.75) is 0 Å². The summed E-state index contributed by atoms with van der Waals surface area (Å²) in [5.41, 5.74) is -0.164. The van der Waals surface area contributed by atoms with Crippen molar-refractivity contribution >= 4 is 11.0 Å². The third kappa shape index (κ3) is 0.759. The lowest BCUT2D eigenvalue weighted by atomic mass is 10.5. The highest BCUT2D eigenvalue weighted by molar-refractivity contribution is 5.71. The maximum absolute atomic E-state index is 10.9. The molecule has 0 spiro atoms. The summed E-state index contributed by atoms with van der Waals surface area (Å²) in [5.74, 6) is 0. The van der Waals surface area contributed by atoms with Gasteiger partial charge in [-0.3, -0.25) is 4.79 Å². The van der Waals surface area contributed by atoms with Gasteiger partial charge in [-0.2, -0.15) is 5.10 Å². The molecule has 2 rings (SSSR count). The van der Waals surface area contributed by atoms with Crippen molar-refractivity contribution in [1.29, 1.82) is 0 Å². The second kappa shape index (κ2) is 1.82. The Morgan fingerprint density at radius 3 is 2.82 bits per heavy atom. The van der Waals surface area contributed by atoms with Crippen molar-refractivity contribution in [1.82, 2.24) is 20.2 Å². The number of imidazole rings is 1. The number of H-pyrrole nitrogens is 3. The maximum atomic E-state index is 10.9. The Bertz CT molecular complexity index is 491. The Labute approximate surface area is 59.3 Å². The van der Waals surface area contributed by atoms with Gasteiger partial charge in [-0.15, -0.1) is 0 Å². The van der Waals surface area contributed by atoms with Crippen molar-refractivity contribution < 1.29 is 0 Å². The highest BCUT2D eigenvalue weighted by Crippen LogP contribution is 1.93. The van der Waals surface area contributed by atoms with Gasteiger partial charge in [0.25, 0.3) is 5.56 Å². The number of rotatable bonds is 0. The van der Waals surface area contributed by atoms with Crippen LogP contribution in [0.4, 0.5) is 0 Å². The van der Waals surface area contributed by atoms with E-state index >= 15 is 0 Å². The molecule has 0 saturated carbocycles. The van der Waals surface area contributed by atoms with Crippen LogP contribution in [0.3, 0.4) is 0 Å². The molecule has 2 aromatic rings. The van der Waals surface area contributed by atoms with E-state index in [2.05, 4.69) is 20.2 Å². The molecule has 0 aliphatic heterocycles. The zero-order valence-corrected chi connectivity index (χ0v) is 5.34. The van der Waals surface area contributed by atoms with Crippen molar-refractivity contribution in [3.8, 4) is 0 Å². The highest BCUT2D eigenvalue weighted by atomic mass is 16.1. The van der Waals surface area contributed by atoms with Crippen LogP contribution in [0.25, 0.3) is 11.0 Å². The molecule has 0 aromatic carbocycles. The van der Waals surface area contributed by atoms with Crippen LogP contribution in [0.2, 0.25) is 0 Å². The lowest BCUT2D eigenvalue weighted by Gasteiger charge is -1.82. The normalized spacial score (nSPS) is 10.5. The van der Waals surface area contributed by atoms with Crippen LogP contribution in [0, 0.1) is 0 Å². The minimum absolute atomic E-state index is 0.227. The van der Waals surface area contributed by atoms with E-state index in [1.54, 1.807) is 0 Å². The fourth-order valence-electron chi connectivity index (χ4n) is 0.884. The summed E-state index contributed by atoms with van der Waals surface area (Å²) in [7, 11) is 0. The SMILES string of the molecule is O=c1[nH]c2cn[nH]c(=O)c2[nH]1. The molecule has 6 nitrogen and oxygen atoms in total. The van der Waals surface area contributed by atoms with Crippen molar-refractivity contribution in [2.24, 2.45) is 0 Å². The van der Waals surface area contributed by atoms with Gasteiger partial charge in [0.15, 0.2) is 0 Å². The third-order valence-electron chi connectivity index (χ3n) is 1.34. The Balaban J connectivity index is 3.14. The first kappa shape index (κ1) is 5.90. The molecule has 0 fully saturated rings. The van der Waals surface area contributed by atoms with Crippen LogP contribution < -0.4 is 11.2 Å². The van der Waals surface area contributed by atoms with E-state index in [9.17, 15) is 9.59 Å². The van der Waals surface area contributed by atoms with E-state index in [0.717, 1.165) is 0 Å². The molecule has 0 aliphatic carbocycles. The van der Waals surface area contributed by atoms with Crippen molar-refractivity contribution in [3.63, 3.8) is 0 Å². The number of nitrogens with zero attached hydrogens (tertiary/aromatic N) is 1.